The van der Waals surface area contributed by atoms with Crippen LogP contribution in [0.15, 0.2) is 0 Å². The van der Waals surface area contributed by atoms with E-state index in [1.54, 1.807) is 0 Å². The number of hydrogen-bond donors (Lipinski definition) is 0. The molecule has 0 aromatic carbocycles. The topological polar surface area (TPSA) is 18.5 Å². The van der Waals surface area contributed by atoms with Crippen molar-refractivity contribution < 1.29 is 8.85 Å². The minimum Gasteiger partial charge on any atom is -0.400 e. The minimum absolute atomic E-state index is 0.432. The van der Waals surface area contributed by atoms with Gasteiger partial charge < -0.3 is 8.85 Å². The Bertz CT molecular complexity index is 249. The van der Waals surface area contributed by atoms with Gasteiger partial charge in [-0.1, -0.05) is 51.9 Å². The van der Waals surface area contributed by atoms with E-state index in [0.29, 0.717) is 5.04 Å². The molecule has 106 valence electrons. The van der Waals surface area contributed by atoms with E-state index in [9.17, 15) is 0 Å². The van der Waals surface area contributed by atoms with Crippen LogP contribution in [0.4, 0.5) is 0 Å². The van der Waals surface area contributed by atoms with Crippen LogP contribution in [-0.2, 0) is 8.85 Å². The van der Waals surface area contributed by atoms with E-state index in [1.807, 2.05) is 14.2 Å². The van der Waals surface area contributed by atoms with Crippen LogP contribution in [0.25, 0.3) is 0 Å². The molecular formula is C15H30O2Si. The minimum atomic E-state index is -1.52. The molecule has 0 heterocycles. The number of hydrogen-bond acceptors (Lipinski definition) is 2. The summed E-state index contributed by atoms with van der Waals surface area (Å²) in [5, 5.41) is 0.432. The molecule has 2 rings (SSSR count). The Morgan fingerprint density at radius 1 is 0.944 bits per heavy atom. The predicted octanol–water partition coefficient (Wildman–Crippen LogP) is 4.03. The molecule has 3 heteroatoms. The molecule has 18 heavy (non-hydrogen) atoms. The van der Waals surface area contributed by atoms with Crippen molar-refractivity contribution in [1.82, 2.24) is 0 Å². The Morgan fingerprint density at radius 3 is 2.17 bits per heavy atom. The normalized spacial score (nSPS) is 35.0. The van der Waals surface area contributed by atoms with E-state index in [4.69, 9.17) is 8.85 Å². The van der Waals surface area contributed by atoms with E-state index >= 15 is 0 Å². The van der Waals surface area contributed by atoms with Crippen molar-refractivity contribution in [3.63, 3.8) is 0 Å². The Morgan fingerprint density at radius 2 is 1.61 bits per heavy atom. The molecule has 0 amide bonds. The molecular weight excluding hydrogens is 240 g/mol. The van der Waals surface area contributed by atoms with E-state index in [1.165, 1.54) is 57.8 Å². The van der Waals surface area contributed by atoms with E-state index in [0.717, 1.165) is 11.8 Å². The molecule has 0 radical (unpaired) electrons. The Labute approximate surface area is 114 Å². The quantitative estimate of drug-likeness (QED) is 0.718. The molecule has 2 atom stereocenters. The molecule has 0 spiro atoms. The fourth-order valence-electron chi connectivity index (χ4n) is 4.65. The van der Waals surface area contributed by atoms with Crippen molar-refractivity contribution in [2.75, 3.05) is 14.2 Å². The van der Waals surface area contributed by atoms with Gasteiger partial charge in [0.1, 0.15) is 0 Å². The van der Waals surface area contributed by atoms with Crippen LogP contribution >= 0.6 is 0 Å². The summed E-state index contributed by atoms with van der Waals surface area (Å²) in [4.78, 5) is 0. The lowest BCUT2D eigenvalue weighted by Crippen LogP contribution is -2.45. The lowest BCUT2D eigenvalue weighted by Gasteiger charge is -2.49. The van der Waals surface area contributed by atoms with Gasteiger partial charge in [0.2, 0.25) is 0 Å². The first-order valence-corrected chi connectivity index (χ1v) is 9.30. The smallest absolute Gasteiger partial charge is 0.327 e. The summed E-state index contributed by atoms with van der Waals surface area (Å²) >= 11 is 0. The molecule has 2 aliphatic carbocycles. The van der Waals surface area contributed by atoms with Gasteiger partial charge in [0.15, 0.2) is 0 Å². The standard InChI is InChI=1S/C15H30O2Si/c1-13-8-7-11-15(12-13,18(16-2)17-3)14-9-5-4-6-10-14/h13-14,18H,4-12H2,1-3H3. The second-order valence-electron chi connectivity index (χ2n) is 6.57. The summed E-state index contributed by atoms with van der Waals surface area (Å²) in [5.74, 6) is 1.74. The Hall–Kier alpha value is 0.137. The molecule has 0 aromatic rings. The summed E-state index contributed by atoms with van der Waals surface area (Å²) in [6.45, 7) is 2.42. The van der Waals surface area contributed by atoms with Gasteiger partial charge in [-0.25, -0.2) is 0 Å². The molecule has 2 saturated carbocycles. The van der Waals surface area contributed by atoms with Crippen LogP contribution in [-0.4, -0.2) is 23.5 Å². The second kappa shape index (κ2) is 6.53. The van der Waals surface area contributed by atoms with Crippen LogP contribution in [0.1, 0.15) is 64.7 Å². The summed E-state index contributed by atoms with van der Waals surface area (Å²) in [5.41, 5.74) is 0. The summed E-state index contributed by atoms with van der Waals surface area (Å²) in [7, 11) is 2.24. The molecule has 0 N–H and O–H groups in total. The maximum atomic E-state index is 5.86. The highest BCUT2D eigenvalue weighted by atomic mass is 28.3. The van der Waals surface area contributed by atoms with Gasteiger partial charge in [0.25, 0.3) is 0 Å². The molecule has 0 bridgehead atoms. The van der Waals surface area contributed by atoms with Crippen molar-refractivity contribution >= 4 is 9.28 Å². The van der Waals surface area contributed by atoms with Gasteiger partial charge in [-0.05, 0) is 24.7 Å². The van der Waals surface area contributed by atoms with Crippen molar-refractivity contribution in [3.8, 4) is 0 Å². The average Bonchev–Trinajstić information content (AvgIpc) is 2.41. The van der Waals surface area contributed by atoms with Gasteiger partial charge in [0, 0.05) is 19.3 Å². The van der Waals surface area contributed by atoms with Crippen molar-refractivity contribution in [2.24, 2.45) is 11.8 Å². The van der Waals surface area contributed by atoms with E-state index < -0.39 is 9.28 Å². The summed E-state index contributed by atoms with van der Waals surface area (Å²) < 4.78 is 11.7. The Kier molecular flexibility index (Phi) is 5.28. The molecule has 0 aromatic heterocycles. The fraction of sp³-hybridized carbons (Fsp3) is 1.00. The first-order valence-electron chi connectivity index (χ1n) is 7.78. The van der Waals surface area contributed by atoms with Crippen molar-refractivity contribution in [3.05, 3.63) is 0 Å². The summed E-state index contributed by atoms with van der Waals surface area (Å²) in [6, 6.07) is 0. The first-order chi connectivity index (χ1) is 8.73. The molecule has 2 nitrogen and oxygen atoms in total. The highest BCUT2D eigenvalue weighted by Gasteiger charge is 2.50. The highest BCUT2D eigenvalue weighted by molar-refractivity contribution is 6.48. The van der Waals surface area contributed by atoms with Gasteiger partial charge in [-0.15, -0.1) is 0 Å². The van der Waals surface area contributed by atoms with Crippen molar-refractivity contribution in [1.29, 1.82) is 0 Å². The molecule has 0 aliphatic heterocycles. The molecule has 0 saturated heterocycles. The van der Waals surface area contributed by atoms with Gasteiger partial charge >= 0.3 is 9.28 Å². The van der Waals surface area contributed by atoms with Crippen LogP contribution in [0, 0.1) is 11.8 Å². The van der Waals surface area contributed by atoms with Crippen LogP contribution in [0.2, 0.25) is 5.04 Å². The van der Waals surface area contributed by atoms with Crippen molar-refractivity contribution in [2.45, 2.75) is 69.7 Å². The predicted molar refractivity (Wildman–Crippen MR) is 78.1 cm³/mol. The Balaban J connectivity index is 2.19. The molecule has 2 unspecified atom stereocenters. The maximum absolute atomic E-state index is 5.86. The summed E-state index contributed by atoms with van der Waals surface area (Å²) in [6.07, 6.45) is 12.6. The van der Waals surface area contributed by atoms with Crippen LogP contribution < -0.4 is 0 Å². The third-order valence-corrected chi connectivity index (χ3v) is 8.17. The van der Waals surface area contributed by atoms with E-state index in [2.05, 4.69) is 6.92 Å². The largest absolute Gasteiger partial charge is 0.400 e. The zero-order valence-electron chi connectivity index (χ0n) is 12.4. The molecule has 2 aliphatic rings. The first kappa shape index (κ1) is 14.5. The number of rotatable bonds is 4. The lowest BCUT2D eigenvalue weighted by molar-refractivity contribution is 0.122. The van der Waals surface area contributed by atoms with Gasteiger partial charge in [-0.2, -0.15) is 0 Å². The van der Waals surface area contributed by atoms with Crippen LogP contribution in [0.3, 0.4) is 0 Å². The zero-order chi connectivity index (χ0) is 13.0. The van der Waals surface area contributed by atoms with Crippen LogP contribution in [0.5, 0.6) is 0 Å². The lowest BCUT2D eigenvalue weighted by atomic mass is 9.70. The zero-order valence-corrected chi connectivity index (χ0v) is 13.6. The van der Waals surface area contributed by atoms with Gasteiger partial charge in [-0.3, -0.25) is 0 Å². The molecule has 2 fully saturated rings. The third-order valence-electron chi connectivity index (χ3n) is 5.38. The second-order valence-corrected chi connectivity index (χ2v) is 9.33. The van der Waals surface area contributed by atoms with Gasteiger partial charge in [0.05, 0.1) is 0 Å². The maximum Gasteiger partial charge on any atom is 0.327 e. The van der Waals surface area contributed by atoms with E-state index in [-0.39, 0.29) is 0 Å². The monoisotopic (exact) mass is 270 g/mol. The highest BCUT2D eigenvalue weighted by Crippen LogP contribution is 2.57. The average molecular weight is 270 g/mol. The SMILES string of the molecule is CO[SiH](OC)C1(C2CCCCC2)CCCC(C)C1. The fourth-order valence-corrected chi connectivity index (χ4v) is 7.54. The third kappa shape index (κ3) is 2.83.